The first kappa shape index (κ1) is 23.2. The zero-order chi connectivity index (χ0) is 23.1. The van der Waals surface area contributed by atoms with Crippen LogP contribution in [0.25, 0.3) is 0 Å². The molecule has 1 fully saturated rings. The Morgan fingerprint density at radius 1 is 1.39 bits per heavy atom. The number of aryl methyl sites for hydroxylation is 1. The number of aliphatic hydroxyl groups is 1. The van der Waals surface area contributed by atoms with Gasteiger partial charge in [-0.25, -0.2) is 9.97 Å². The van der Waals surface area contributed by atoms with Crippen LogP contribution in [-0.2, 0) is 23.5 Å². The topological polar surface area (TPSA) is 91.6 Å². The van der Waals surface area contributed by atoms with Gasteiger partial charge in [-0.1, -0.05) is 0 Å². The number of nitrogens with zero attached hydrogens (tertiary/aromatic N) is 5. The fraction of sp³-hybridized carbons (Fsp3) is 0.579. The van der Waals surface area contributed by atoms with Crippen molar-refractivity contribution in [2.75, 3.05) is 19.0 Å². The van der Waals surface area contributed by atoms with E-state index in [9.17, 15) is 27.9 Å². The van der Waals surface area contributed by atoms with Gasteiger partial charge in [-0.05, 0) is 32.6 Å². The van der Waals surface area contributed by atoms with Crippen LogP contribution in [0.4, 0.5) is 19.0 Å². The summed E-state index contributed by atoms with van der Waals surface area (Å²) in [6.45, 7) is 2.78. The second kappa shape index (κ2) is 8.23. The molecule has 1 saturated carbocycles. The van der Waals surface area contributed by atoms with Crippen molar-refractivity contribution in [2.24, 2.45) is 5.92 Å². The van der Waals surface area contributed by atoms with Gasteiger partial charge in [-0.3, -0.25) is 9.59 Å². The molecule has 1 atom stereocenters. The van der Waals surface area contributed by atoms with Crippen LogP contribution < -0.4 is 4.90 Å². The van der Waals surface area contributed by atoms with Crippen LogP contribution in [0, 0.1) is 12.8 Å². The molecule has 12 heteroatoms. The number of amides is 2. The lowest BCUT2D eigenvalue weighted by Crippen LogP contribution is -2.39. The van der Waals surface area contributed by atoms with Crippen molar-refractivity contribution in [3.8, 4) is 0 Å². The summed E-state index contributed by atoms with van der Waals surface area (Å²) >= 11 is 0.740. The normalized spacial score (nSPS) is 16.1. The Hall–Kier alpha value is -2.47. The Balaban J connectivity index is 1.86. The van der Waals surface area contributed by atoms with E-state index in [0.717, 1.165) is 24.2 Å². The Kier molecular flexibility index (Phi) is 6.16. The third kappa shape index (κ3) is 4.59. The smallest absolute Gasteiger partial charge is 0.375 e. The van der Waals surface area contributed by atoms with Gasteiger partial charge in [-0.2, -0.15) is 13.2 Å². The molecule has 1 unspecified atom stereocenters. The first-order chi connectivity index (χ1) is 14.4. The number of thiazole rings is 1. The van der Waals surface area contributed by atoms with Crippen molar-refractivity contribution in [1.29, 1.82) is 0 Å². The molecule has 0 radical (unpaired) electrons. The molecule has 2 aromatic heterocycles. The number of aromatic nitrogens is 3. The summed E-state index contributed by atoms with van der Waals surface area (Å²) in [4.78, 5) is 35.6. The molecule has 31 heavy (non-hydrogen) atoms. The van der Waals surface area contributed by atoms with E-state index in [1.807, 2.05) is 0 Å². The highest BCUT2D eigenvalue weighted by Crippen LogP contribution is 2.41. The molecular weight excluding hydrogens is 435 g/mol. The molecule has 2 aromatic rings. The van der Waals surface area contributed by atoms with Crippen LogP contribution in [0.15, 0.2) is 6.33 Å². The molecule has 2 amide bonds. The first-order valence-electron chi connectivity index (χ1n) is 9.61. The van der Waals surface area contributed by atoms with E-state index in [1.165, 1.54) is 30.2 Å². The number of carbonyl (C=O) groups excluding carboxylic acids is 2. The van der Waals surface area contributed by atoms with Crippen LogP contribution in [0.3, 0.4) is 0 Å². The number of hydrogen-bond acceptors (Lipinski definition) is 6. The Bertz CT molecular complexity index is 981. The third-order valence-corrected chi connectivity index (χ3v) is 6.48. The van der Waals surface area contributed by atoms with Crippen molar-refractivity contribution in [3.05, 3.63) is 27.6 Å². The predicted molar refractivity (Wildman–Crippen MR) is 108 cm³/mol. The monoisotopic (exact) mass is 459 g/mol. The Morgan fingerprint density at radius 3 is 2.58 bits per heavy atom. The average molecular weight is 459 g/mol. The SMILES string of the molecule is Cc1sc(C(C)(O)C(F)(F)F)nc1CN(C)C(=O)c1c(N(C)C=O)ncn1CC1CC1. The summed E-state index contributed by atoms with van der Waals surface area (Å²) in [6.07, 6.45) is -0.696. The molecule has 1 aliphatic rings. The number of rotatable bonds is 8. The van der Waals surface area contributed by atoms with E-state index in [1.54, 1.807) is 11.5 Å². The van der Waals surface area contributed by atoms with Crippen LogP contribution in [0.1, 0.15) is 45.8 Å². The van der Waals surface area contributed by atoms with Crippen molar-refractivity contribution < 1.29 is 27.9 Å². The molecule has 3 rings (SSSR count). The van der Waals surface area contributed by atoms with E-state index in [0.29, 0.717) is 30.7 Å². The summed E-state index contributed by atoms with van der Waals surface area (Å²) in [7, 11) is 2.99. The van der Waals surface area contributed by atoms with Gasteiger partial charge in [0, 0.05) is 25.5 Å². The lowest BCUT2D eigenvalue weighted by molar-refractivity contribution is -0.258. The number of anilines is 1. The molecule has 1 aliphatic carbocycles. The van der Waals surface area contributed by atoms with Gasteiger partial charge in [0.05, 0.1) is 18.6 Å². The summed E-state index contributed by atoms with van der Waals surface area (Å²) in [6, 6.07) is 0. The van der Waals surface area contributed by atoms with Crippen LogP contribution >= 0.6 is 11.3 Å². The maximum Gasteiger partial charge on any atom is 0.423 e. The second-order valence-electron chi connectivity index (χ2n) is 7.98. The highest BCUT2D eigenvalue weighted by molar-refractivity contribution is 7.11. The number of halogens is 3. The largest absolute Gasteiger partial charge is 0.423 e. The standard InChI is InChI=1S/C19H24F3N5O3S/c1-11-13(24-17(31-11)18(2,30)19(20,21)22)8-25(3)16(29)14-15(26(4)10-28)23-9-27(14)7-12-5-6-12/h9-10,12,30H,5-8H2,1-4H3. The van der Waals surface area contributed by atoms with Gasteiger partial charge in [0.15, 0.2) is 11.5 Å². The summed E-state index contributed by atoms with van der Waals surface area (Å²) in [5.41, 5.74) is -2.58. The van der Waals surface area contributed by atoms with Crippen molar-refractivity contribution >= 4 is 29.5 Å². The van der Waals surface area contributed by atoms with Crippen molar-refractivity contribution in [3.63, 3.8) is 0 Å². The quantitative estimate of drug-likeness (QED) is 0.613. The molecule has 0 aromatic carbocycles. The number of imidazole rings is 1. The van der Waals surface area contributed by atoms with E-state index < -0.39 is 22.7 Å². The lowest BCUT2D eigenvalue weighted by atomic mass is 10.1. The van der Waals surface area contributed by atoms with Gasteiger partial charge in [-0.15, -0.1) is 11.3 Å². The van der Waals surface area contributed by atoms with Gasteiger partial charge in [0.1, 0.15) is 5.01 Å². The highest BCUT2D eigenvalue weighted by atomic mass is 32.1. The average Bonchev–Trinajstić information content (AvgIpc) is 3.29. The van der Waals surface area contributed by atoms with Crippen molar-refractivity contribution in [2.45, 2.75) is 51.6 Å². The minimum atomic E-state index is -4.88. The van der Waals surface area contributed by atoms with Crippen LogP contribution in [-0.4, -0.2) is 57.1 Å². The van der Waals surface area contributed by atoms with E-state index in [-0.39, 0.29) is 23.8 Å². The molecule has 0 bridgehead atoms. The summed E-state index contributed by atoms with van der Waals surface area (Å²) in [5, 5.41) is 9.42. The maximum atomic E-state index is 13.2. The second-order valence-corrected chi connectivity index (χ2v) is 9.19. The molecule has 0 saturated heterocycles. The summed E-state index contributed by atoms with van der Waals surface area (Å²) < 4.78 is 41.2. The first-order valence-corrected chi connectivity index (χ1v) is 10.4. The van der Waals surface area contributed by atoms with E-state index in [2.05, 4.69) is 9.97 Å². The maximum absolute atomic E-state index is 13.2. The van der Waals surface area contributed by atoms with E-state index in [4.69, 9.17) is 0 Å². The molecule has 8 nitrogen and oxygen atoms in total. The minimum absolute atomic E-state index is 0.0616. The van der Waals surface area contributed by atoms with Crippen LogP contribution in [0.5, 0.6) is 0 Å². The van der Waals surface area contributed by atoms with Gasteiger partial charge in [0.25, 0.3) is 5.91 Å². The highest BCUT2D eigenvalue weighted by Gasteiger charge is 2.53. The molecule has 0 aliphatic heterocycles. The predicted octanol–water partition coefficient (Wildman–Crippen LogP) is 2.69. The van der Waals surface area contributed by atoms with Gasteiger partial charge >= 0.3 is 6.18 Å². The number of hydrogen-bond donors (Lipinski definition) is 1. The third-order valence-electron chi connectivity index (χ3n) is 5.26. The minimum Gasteiger partial charge on any atom is -0.375 e. The zero-order valence-electron chi connectivity index (χ0n) is 17.6. The van der Waals surface area contributed by atoms with Crippen LogP contribution in [0.2, 0.25) is 0 Å². The molecule has 2 heterocycles. The van der Waals surface area contributed by atoms with E-state index >= 15 is 0 Å². The summed E-state index contributed by atoms with van der Waals surface area (Å²) in [5.74, 6) is 0.231. The number of carbonyl (C=O) groups is 2. The van der Waals surface area contributed by atoms with Crippen molar-refractivity contribution in [1.82, 2.24) is 19.4 Å². The molecular formula is C19H24F3N5O3S. The lowest BCUT2D eigenvalue weighted by Gasteiger charge is -2.23. The molecule has 0 spiro atoms. The van der Waals surface area contributed by atoms with Gasteiger partial charge in [0.2, 0.25) is 12.0 Å². The molecule has 170 valence electrons. The zero-order valence-corrected chi connectivity index (χ0v) is 18.4. The molecule has 1 N–H and O–H groups in total. The fourth-order valence-corrected chi connectivity index (χ4v) is 3.99. The number of alkyl halides is 3. The fourth-order valence-electron chi connectivity index (χ4n) is 3.00. The Labute approximate surface area is 181 Å². The Morgan fingerprint density at radius 2 is 2.03 bits per heavy atom. The van der Waals surface area contributed by atoms with Gasteiger partial charge < -0.3 is 19.5 Å².